The summed E-state index contributed by atoms with van der Waals surface area (Å²) in [6.07, 6.45) is 35.6. The van der Waals surface area contributed by atoms with Crippen LogP contribution in [0.4, 0.5) is 0 Å². The van der Waals surface area contributed by atoms with Crippen LogP contribution in [0.5, 0.6) is 0 Å². The molecule has 0 rings (SSSR count). The quantitative estimate of drug-likeness (QED) is 0.103. The molecule has 216 valence electrons. The summed E-state index contributed by atoms with van der Waals surface area (Å²) in [7, 11) is 0. The fourth-order valence-corrected chi connectivity index (χ4v) is 5.09. The van der Waals surface area contributed by atoms with E-state index in [4.69, 9.17) is 0 Å². The van der Waals surface area contributed by atoms with E-state index < -0.39 is 16.8 Å². The number of carboxylic acid groups (broad SMARTS) is 1. The lowest BCUT2D eigenvalue weighted by Crippen LogP contribution is -2.53. The number of rotatable bonds is 23. The van der Waals surface area contributed by atoms with Gasteiger partial charge in [0.1, 0.15) is 10.8 Å². The van der Waals surface area contributed by atoms with Gasteiger partial charge in [0.15, 0.2) is 0 Å². The maximum atomic E-state index is 13.6. The van der Waals surface area contributed by atoms with E-state index in [0.29, 0.717) is 6.54 Å². The van der Waals surface area contributed by atoms with Crippen molar-refractivity contribution in [3.63, 3.8) is 0 Å². The third-order valence-electron chi connectivity index (χ3n) is 7.11. The van der Waals surface area contributed by atoms with Gasteiger partial charge in [-0.05, 0) is 59.8 Å². The van der Waals surface area contributed by atoms with Gasteiger partial charge in [0.2, 0.25) is 5.91 Å². The van der Waals surface area contributed by atoms with Crippen LogP contribution in [-0.2, 0) is 9.59 Å². The lowest BCUT2D eigenvalue weighted by Gasteiger charge is -2.40. The number of unbranched alkanes of at least 4 members (excludes halogenated alkanes) is 12. The summed E-state index contributed by atoms with van der Waals surface area (Å²) in [4.78, 5) is 26.1. The summed E-state index contributed by atoms with van der Waals surface area (Å²) in [5, 5.41) is 13.3. The first-order chi connectivity index (χ1) is 18.4. The van der Waals surface area contributed by atoms with Gasteiger partial charge in [0.05, 0.1) is 0 Å². The second-order valence-corrected chi connectivity index (χ2v) is 10.2. The highest BCUT2D eigenvalue weighted by Crippen LogP contribution is 2.46. The van der Waals surface area contributed by atoms with Crippen molar-refractivity contribution in [1.82, 2.24) is 5.32 Å². The Morgan fingerprint density at radius 1 is 0.605 bits per heavy atom. The van der Waals surface area contributed by atoms with E-state index in [-0.39, 0.29) is 5.91 Å². The average Bonchev–Trinajstić information content (AvgIpc) is 2.89. The van der Waals surface area contributed by atoms with E-state index in [1.54, 1.807) is 62.5 Å². The summed E-state index contributed by atoms with van der Waals surface area (Å²) in [6, 6.07) is 0. The summed E-state index contributed by atoms with van der Waals surface area (Å²) >= 11 is 0. The topological polar surface area (TPSA) is 66.4 Å². The molecule has 0 bridgehead atoms. The molecule has 0 aromatic carbocycles. The Morgan fingerprint density at radius 2 is 1.00 bits per heavy atom. The Hall–Kier alpha value is -2.36. The second-order valence-electron chi connectivity index (χ2n) is 10.2. The molecule has 2 N–H and O–H groups in total. The van der Waals surface area contributed by atoms with Crippen LogP contribution >= 0.6 is 0 Å². The zero-order valence-corrected chi connectivity index (χ0v) is 25.1. The number of carbonyl (C=O) groups excluding carboxylic acids is 1. The number of hydrogen-bond acceptors (Lipinski definition) is 2. The molecule has 0 unspecified atom stereocenters. The minimum Gasteiger partial charge on any atom is -0.480 e. The monoisotopic (exact) mass is 527 g/mol. The van der Waals surface area contributed by atoms with Gasteiger partial charge in [0.25, 0.3) is 0 Å². The molecule has 0 aromatic rings. The van der Waals surface area contributed by atoms with Crippen molar-refractivity contribution in [3.05, 3.63) is 60.8 Å². The standard InChI is InChI=1S/C34H57NO3/c1-6-11-12-13-14-15-16-17-18-19-20-21-22-23-24-25-30-35-31(36)33(26-7-2,27-8-3)34(28-9-4,29-10-5)32(37)38/h7-10,17-18,26-29H,6,11-16,19-25,30H2,1-5H3,(H,35,36)(H,37,38)/b18-17-,26-7?,27-8?,28-9?,29-10?. The molecule has 0 saturated heterocycles. The summed E-state index contributed by atoms with van der Waals surface area (Å²) in [6.45, 7) is 9.99. The first-order valence-electron chi connectivity index (χ1n) is 15.1. The molecular weight excluding hydrogens is 470 g/mol. The Labute approximate surface area is 234 Å². The Balaban J connectivity index is 4.56. The van der Waals surface area contributed by atoms with Gasteiger partial charge in [-0.2, -0.15) is 0 Å². The predicted molar refractivity (Wildman–Crippen MR) is 164 cm³/mol. The van der Waals surface area contributed by atoms with Crippen molar-refractivity contribution >= 4 is 11.9 Å². The van der Waals surface area contributed by atoms with Gasteiger partial charge in [0, 0.05) is 6.54 Å². The molecule has 0 saturated carbocycles. The average molecular weight is 528 g/mol. The van der Waals surface area contributed by atoms with Gasteiger partial charge in [-0.15, -0.1) is 0 Å². The number of carbonyl (C=O) groups is 2. The van der Waals surface area contributed by atoms with Crippen molar-refractivity contribution in [2.45, 2.75) is 125 Å². The molecule has 0 aromatic heterocycles. The third-order valence-corrected chi connectivity index (χ3v) is 7.11. The number of carboxylic acids is 1. The summed E-state index contributed by atoms with van der Waals surface area (Å²) in [5.41, 5.74) is -2.87. The van der Waals surface area contributed by atoms with Crippen LogP contribution in [0.1, 0.15) is 125 Å². The van der Waals surface area contributed by atoms with Gasteiger partial charge >= 0.3 is 5.97 Å². The largest absolute Gasteiger partial charge is 0.480 e. The Kier molecular flexibility index (Phi) is 21.2. The third kappa shape index (κ3) is 12.5. The molecule has 4 nitrogen and oxygen atoms in total. The van der Waals surface area contributed by atoms with E-state index in [9.17, 15) is 14.7 Å². The molecule has 0 radical (unpaired) electrons. The fourth-order valence-electron chi connectivity index (χ4n) is 5.09. The minimum atomic E-state index is -1.51. The van der Waals surface area contributed by atoms with Crippen molar-refractivity contribution in [2.75, 3.05) is 6.54 Å². The fraction of sp³-hybridized carbons (Fsp3) is 0.647. The predicted octanol–water partition coefficient (Wildman–Crippen LogP) is 9.50. The second kappa shape index (κ2) is 22.6. The van der Waals surface area contributed by atoms with Crippen LogP contribution in [0, 0.1) is 10.8 Å². The number of allylic oxidation sites excluding steroid dienone is 6. The highest BCUT2D eigenvalue weighted by Gasteiger charge is 2.55. The van der Waals surface area contributed by atoms with Crippen molar-refractivity contribution in [2.24, 2.45) is 10.8 Å². The Morgan fingerprint density at radius 3 is 1.42 bits per heavy atom. The van der Waals surface area contributed by atoms with Crippen LogP contribution in [0.25, 0.3) is 0 Å². The number of aliphatic carboxylic acids is 1. The first-order valence-corrected chi connectivity index (χ1v) is 15.1. The molecule has 0 spiro atoms. The van der Waals surface area contributed by atoms with Gasteiger partial charge in [-0.25, -0.2) is 0 Å². The zero-order valence-electron chi connectivity index (χ0n) is 25.1. The Bertz CT molecular complexity index is 749. The van der Waals surface area contributed by atoms with Crippen molar-refractivity contribution in [3.8, 4) is 0 Å². The summed E-state index contributed by atoms with van der Waals surface area (Å²) in [5.74, 6) is -1.35. The number of hydrogen-bond donors (Lipinski definition) is 2. The van der Waals surface area contributed by atoms with Crippen molar-refractivity contribution < 1.29 is 14.7 Å². The van der Waals surface area contributed by atoms with Gasteiger partial charge < -0.3 is 10.4 Å². The molecule has 0 aliphatic rings. The van der Waals surface area contributed by atoms with E-state index in [1.807, 2.05) is 13.8 Å². The summed E-state index contributed by atoms with van der Waals surface area (Å²) < 4.78 is 0. The lowest BCUT2D eigenvalue weighted by atomic mass is 9.61. The molecule has 38 heavy (non-hydrogen) atoms. The van der Waals surface area contributed by atoms with Crippen molar-refractivity contribution in [1.29, 1.82) is 0 Å². The maximum absolute atomic E-state index is 13.6. The molecule has 1 amide bonds. The van der Waals surface area contributed by atoms with Crippen LogP contribution in [0.2, 0.25) is 0 Å². The molecule has 0 atom stereocenters. The minimum absolute atomic E-state index is 0.292. The maximum Gasteiger partial charge on any atom is 0.319 e. The molecule has 0 aliphatic carbocycles. The van der Waals surface area contributed by atoms with Gasteiger partial charge in [-0.1, -0.05) is 125 Å². The first kappa shape index (κ1) is 35.6. The normalized spacial score (nSPS) is 15.7. The lowest BCUT2D eigenvalue weighted by molar-refractivity contribution is -0.151. The zero-order chi connectivity index (χ0) is 28.5. The van der Waals surface area contributed by atoms with E-state index in [2.05, 4.69) is 24.4 Å². The van der Waals surface area contributed by atoms with Crippen LogP contribution in [-0.4, -0.2) is 23.5 Å². The van der Waals surface area contributed by atoms with Crippen LogP contribution in [0.15, 0.2) is 60.8 Å². The van der Waals surface area contributed by atoms with E-state index in [1.165, 1.54) is 70.6 Å². The molecular formula is C34H57NO3. The molecule has 0 fully saturated rings. The number of amides is 1. The van der Waals surface area contributed by atoms with E-state index >= 15 is 0 Å². The highest BCUT2D eigenvalue weighted by atomic mass is 16.4. The SMILES string of the molecule is CC=CC(C=CC)(C(=O)O)C(C=CC)(C=CC)C(=O)NCCCCCCCC/C=C\CCCCCCCC. The molecule has 0 heterocycles. The molecule has 0 aliphatic heterocycles. The number of nitrogens with one attached hydrogen (secondary N) is 1. The van der Waals surface area contributed by atoms with Crippen LogP contribution < -0.4 is 5.32 Å². The highest BCUT2D eigenvalue weighted by molar-refractivity contribution is 5.96. The van der Waals surface area contributed by atoms with Crippen LogP contribution in [0.3, 0.4) is 0 Å². The smallest absolute Gasteiger partial charge is 0.319 e. The molecule has 4 heteroatoms. The van der Waals surface area contributed by atoms with Gasteiger partial charge in [-0.3, -0.25) is 9.59 Å². The van der Waals surface area contributed by atoms with E-state index in [0.717, 1.165) is 19.3 Å².